The van der Waals surface area contributed by atoms with Gasteiger partial charge in [-0.15, -0.1) is 0 Å². The molecule has 0 aliphatic heterocycles. The van der Waals surface area contributed by atoms with Crippen LogP contribution in [0.5, 0.6) is 0 Å². The van der Waals surface area contributed by atoms with Crippen molar-refractivity contribution in [2.24, 2.45) is 11.3 Å². The molecule has 0 aliphatic carbocycles. The zero-order chi connectivity index (χ0) is 13.6. The molecule has 0 aromatic carbocycles. The van der Waals surface area contributed by atoms with Crippen LogP contribution in [0.1, 0.15) is 48.0 Å². The summed E-state index contributed by atoms with van der Waals surface area (Å²) in [5.74, 6) is 0.296. The van der Waals surface area contributed by atoms with Crippen molar-refractivity contribution in [1.29, 1.82) is 0 Å². The molecule has 0 aromatic heterocycles. The van der Waals surface area contributed by atoms with Crippen molar-refractivity contribution in [3.63, 3.8) is 0 Å². The maximum Gasteiger partial charge on any atom is 0.0728 e. The molecule has 0 bridgehead atoms. The summed E-state index contributed by atoms with van der Waals surface area (Å²) in [6.07, 6.45) is 4.86. The molecular formula is C15H31NO. The van der Waals surface area contributed by atoms with Gasteiger partial charge >= 0.3 is 0 Å². The van der Waals surface area contributed by atoms with Crippen LogP contribution in [0.2, 0.25) is 0 Å². The van der Waals surface area contributed by atoms with Crippen LogP contribution in [0, 0.1) is 11.3 Å². The van der Waals surface area contributed by atoms with Crippen molar-refractivity contribution in [2.75, 3.05) is 13.6 Å². The first kappa shape index (κ1) is 16.7. The van der Waals surface area contributed by atoms with Crippen LogP contribution in [0.3, 0.4) is 0 Å². The third-order valence-corrected chi connectivity index (χ3v) is 3.51. The summed E-state index contributed by atoms with van der Waals surface area (Å²) in [4.78, 5) is 2.26. The molecule has 2 nitrogen and oxygen atoms in total. The molecule has 0 spiro atoms. The fourth-order valence-corrected chi connectivity index (χ4v) is 2.43. The summed E-state index contributed by atoms with van der Waals surface area (Å²) in [5.41, 5.74) is 0.0916. The van der Waals surface area contributed by atoms with Crippen molar-refractivity contribution in [1.82, 2.24) is 4.90 Å². The number of aliphatic hydroxyl groups excluding tert-OH is 1. The first-order chi connectivity index (χ1) is 7.75. The average molecular weight is 241 g/mol. The van der Waals surface area contributed by atoms with Crippen molar-refractivity contribution in [2.45, 2.75) is 60.1 Å². The van der Waals surface area contributed by atoms with E-state index < -0.39 is 0 Å². The highest BCUT2D eigenvalue weighted by molar-refractivity contribution is 4.92. The van der Waals surface area contributed by atoms with Gasteiger partial charge < -0.3 is 10.0 Å². The molecule has 0 rings (SSSR count). The van der Waals surface area contributed by atoms with E-state index in [0.29, 0.717) is 5.92 Å². The van der Waals surface area contributed by atoms with Gasteiger partial charge in [0, 0.05) is 6.04 Å². The predicted molar refractivity (Wildman–Crippen MR) is 76.1 cm³/mol. The highest BCUT2D eigenvalue weighted by Gasteiger charge is 2.36. The minimum atomic E-state index is -0.281. The molecule has 0 heterocycles. The standard InChI is InChI=1S/C15H31NO/c1-8-10-11-12(3)13(17)14(15(4,5)6)16(7)9-2/h8,10,12-14,17H,9,11H2,1-7H3/b10-8+/t12-,13-,14?/m1/s1. The SMILES string of the molecule is C/C=C/C[C@@H](C)[C@@H](O)C(N(C)CC)C(C)(C)C. The number of hydrogen-bond acceptors (Lipinski definition) is 2. The van der Waals surface area contributed by atoms with E-state index in [4.69, 9.17) is 0 Å². The van der Waals surface area contributed by atoms with E-state index in [-0.39, 0.29) is 17.6 Å². The topological polar surface area (TPSA) is 23.5 Å². The molecule has 102 valence electrons. The van der Waals surface area contributed by atoms with Gasteiger partial charge in [0.25, 0.3) is 0 Å². The lowest BCUT2D eigenvalue weighted by Crippen LogP contribution is -2.51. The smallest absolute Gasteiger partial charge is 0.0728 e. The van der Waals surface area contributed by atoms with E-state index >= 15 is 0 Å². The van der Waals surface area contributed by atoms with Crippen LogP contribution in [-0.2, 0) is 0 Å². The van der Waals surface area contributed by atoms with Crippen LogP contribution in [0.25, 0.3) is 0 Å². The Labute approximate surface area is 108 Å². The number of nitrogens with zero attached hydrogens (tertiary/aromatic N) is 1. The Morgan fingerprint density at radius 1 is 1.29 bits per heavy atom. The van der Waals surface area contributed by atoms with Crippen molar-refractivity contribution < 1.29 is 5.11 Å². The normalized spacial score (nSPS) is 18.6. The molecule has 17 heavy (non-hydrogen) atoms. The van der Waals surface area contributed by atoms with Crippen molar-refractivity contribution >= 4 is 0 Å². The van der Waals surface area contributed by atoms with Gasteiger partial charge in [-0.1, -0.05) is 46.8 Å². The molecule has 0 fully saturated rings. The Morgan fingerprint density at radius 3 is 2.18 bits per heavy atom. The summed E-state index contributed by atoms with van der Waals surface area (Å²) in [6, 6.07) is 0.202. The second-order valence-corrected chi connectivity index (χ2v) is 6.16. The second kappa shape index (κ2) is 7.17. The lowest BCUT2D eigenvalue weighted by Gasteiger charge is -2.42. The first-order valence-electron chi connectivity index (χ1n) is 6.75. The fraction of sp³-hybridized carbons (Fsp3) is 0.867. The zero-order valence-corrected chi connectivity index (χ0v) is 12.7. The third-order valence-electron chi connectivity index (χ3n) is 3.51. The quantitative estimate of drug-likeness (QED) is 0.721. The monoisotopic (exact) mass is 241 g/mol. The van der Waals surface area contributed by atoms with Crippen LogP contribution >= 0.6 is 0 Å². The summed E-state index contributed by atoms with van der Waals surface area (Å²) in [7, 11) is 2.10. The van der Waals surface area contributed by atoms with Gasteiger partial charge in [-0.05, 0) is 38.3 Å². The van der Waals surface area contributed by atoms with Gasteiger partial charge in [-0.25, -0.2) is 0 Å². The summed E-state index contributed by atoms with van der Waals surface area (Å²) in [5, 5.41) is 10.6. The minimum Gasteiger partial charge on any atom is -0.391 e. The number of allylic oxidation sites excluding steroid dienone is 2. The molecule has 1 unspecified atom stereocenters. The molecular weight excluding hydrogens is 210 g/mol. The minimum absolute atomic E-state index is 0.0916. The van der Waals surface area contributed by atoms with E-state index in [0.717, 1.165) is 13.0 Å². The highest BCUT2D eigenvalue weighted by Crippen LogP contribution is 2.30. The lowest BCUT2D eigenvalue weighted by molar-refractivity contribution is -0.0231. The molecule has 0 aliphatic rings. The number of hydrogen-bond donors (Lipinski definition) is 1. The number of likely N-dealkylation sites (N-methyl/N-ethyl adjacent to an activating group) is 1. The third kappa shape index (κ3) is 5.22. The maximum atomic E-state index is 10.6. The van der Waals surface area contributed by atoms with Crippen LogP contribution in [0.15, 0.2) is 12.2 Å². The summed E-state index contributed by atoms with van der Waals surface area (Å²) >= 11 is 0. The molecule has 0 aromatic rings. The van der Waals surface area contributed by atoms with E-state index in [2.05, 4.69) is 58.7 Å². The predicted octanol–water partition coefficient (Wildman–Crippen LogP) is 3.32. The van der Waals surface area contributed by atoms with Crippen LogP contribution < -0.4 is 0 Å². The second-order valence-electron chi connectivity index (χ2n) is 6.16. The molecule has 2 heteroatoms. The summed E-state index contributed by atoms with van der Waals surface area (Å²) in [6.45, 7) is 13.9. The van der Waals surface area contributed by atoms with E-state index in [1.807, 2.05) is 6.92 Å². The van der Waals surface area contributed by atoms with Crippen LogP contribution in [-0.4, -0.2) is 35.7 Å². The van der Waals surface area contributed by atoms with Crippen LogP contribution in [0.4, 0.5) is 0 Å². The summed E-state index contributed by atoms with van der Waals surface area (Å²) < 4.78 is 0. The molecule has 0 saturated heterocycles. The first-order valence-corrected chi connectivity index (χ1v) is 6.75. The van der Waals surface area contributed by atoms with E-state index in [1.165, 1.54) is 0 Å². The fourth-order valence-electron chi connectivity index (χ4n) is 2.43. The van der Waals surface area contributed by atoms with Gasteiger partial charge in [0.15, 0.2) is 0 Å². The van der Waals surface area contributed by atoms with Gasteiger partial charge in [0.05, 0.1) is 6.10 Å². The Morgan fingerprint density at radius 2 is 1.82 bits per heavy atom. The molecule has 0 amide bonds. The van der Waals surface area contributed by atoms with Crippen molar-refractivity contribution in [3.8, 4) is 0 Å². The molecule has 0 saturated carbocycles. The highest BCUT2D eigenvalue weighted by atomic mass is 16.3. The lowest BCUT2D eigenvalue weighted by atomic mass is 9.78. The average Bonchev–Trinajstić information content (AvgIpc) is 2.23. The Kier molecular flexibility index (Phi) is 7.03. The van der Waals surface area contributed by atoms with E-state index in [1.54, 1.807) is 0 Å². The Hall–Kier alpha value is -0.340. The van der Waals surface area contributed by atoms with Gasteiger partial charge in [-0.3, -0.25) is 0 Å². The zero-order valence-electron chi connectivity index (χ0n) is 12.7. The van der Waals surface area contributed by atoms with Gasteiger partial charge in [0.1, 0.15) is 0 Å². The van der Waals surface area contributed by atoms with Gasteiger partial charge in [0.2, 0.25) is 0 Å². The number of aliphatic hydroxyl groups is 1. The molecule has 1 N–H and O–H groups in total. The largest absolute Gasteiger partial charge is 0.391 e. The van der Waals surface area contributed by atoms with Crippen molar-refractivity contribution in [3.05, 3.63) is 12.2 Å². The Balaban J connectivity index is 4.80. The molecule has 3 atom stereocenters. The Bertz CT molecular complexity index is 230. The number of rotatable bonds is 6. The molecule has 0 radical (unpaired) electrons. The van der Waals surface area contributed by atoms with E-state index in [9.17, 15) is 5.11 Å². The van der Waals surface area contributed by atoms with Gasteiger partial charge in [-0.2, -0.15) is 0 Å². The maximum absolute atomic E-state index is 10.6.